The summed E-state index contributed by atoms with van der Waals surface area (Å²) in [5.74, 6) is 0. The summed E-state index contributed by atoms with van der Waals surface area (Å²) in [6.45, 7) is 0. The minimum absolute atomic E-state index is 0.898. The molecule has 0 aliphatic carbocycles. The number of rotatable bonds is 7. The number of fused-ring (bicyclic) bond motifs is 6. The first-order chi connectivity index (χ1) is 30.8. The third kappa shape index (κ3) is 5.88. The van der Waals surface area contributed by atoms with E-state index in [1.165, 1.54) is 55.3 Å². The summed E-state index contributed by atoms with van der Waals surface area (Å²) >= 11 is 0. The SMILES string of the molecule is c1ccc(-c2ccccc2-c2ccc3c(c2)c2cc(-c4ccccc4-c4ccccc4)ccc2n3-c2ccccc2-c2ccccc2-c2cccc3c2oc2ccccc23)cc1. The van der Waals surface area contributed by atoms with E-state index >= 15 is 0 Å². The van der Waals surface area contributed by atoms with Gasteiger partial charge < -0.3 is 8.98 Å². The minimum Gasteiger partial charge on any atom is -0.455 e. The van der Waals surface area contributed by atoms with Crippen molar-refractivity contribution in [3.8, 4) is 72.4 Å². The Labute approximate surface area is 360 Å². The van der Waals surface area contributed by atoms with Gasteiger partial charge in [0.05, 0.1) is 16.7 Å². The molecule has 0 fully saturated rings. The molecule has 0 aliphatic rings. The predicted molar refractivity (Wildman–Crippen MR) is 261 cm³/mol. The Morgan fingerprint density at radius 2 is 0.677 bits per heavy atom. The molecule has 2 heterocycles. The van der Waals surface area contributed by atoms with Gasteiger partial charge in [-0.3, -0.25) is 0 Å². The molecule has 0 saturated heterocycles. The van der Waals surface area contributed by atoms with Gasteiger partial charge >= 0.3 is 0 Å². The Morgan fingerprint density at radius 3 is 1.26 bits per heavy atom. The van der Waals surface area contributed by atoms with E-state index in [9.17, 15) is 0 Å². The van der Waals surface area contributed by atoms with Crippen molar-refractivity contribution in [1.82, 2.24) is 4.57 Å². The lowest BCUT2D eigenvalue weighted by atomic mass is 9.92. The quantitative estimate of drug-likeness (QED) is 0.157. The third-order valence-electron chi connectivity index (χ3n) is 12.5. The molecule has 0 amide bonds. The Kier molecular flexibility index (Phi) is 8.53. The van der Waals surface area contributed by atoms with E-state index in [2.05, 4.69) is 235 Å². The first-order valence-electron chi connectivity index (χ1n) is 21.3. The zero-order chi connectivity index (χ0) is 41.0. The maximum absolute atomic E-state index is 6.61. The lowest BCUT2D eigenvalue weighted by molar-refractivity contribution is 0.670. The van der Waals surface area contributed by atoms with Gasteiger partial charge in [0.1, 0.15) is 11.2 Å². The molecule has 0 unspecified atom stereocenters. The summed E-state index contributed by atoms with van der Waals surface area (Å²) in [7, 11) is 0. The van der Waals surface area contributed by atoms with Crippen molar-refractivity contribution in [3.63, 3.8) is 0 Å². The zero-order valence-electron chi connectivity index (χ0n) is 33.9. The van der Waals surface area contributed by atoms with Crippen molar-refractivity contribution >= 4 is 43.7 Å². The monoisotopic (exact) mass is 789 g/mol. The second kappa shape index (κ2) is 14.8. The van der Waals surface area contributed by atoms with Crippen LogP contribution in [-0.2, 0) is 0 Å². The summed E-state index contributed by atoms with van der Waals surface area (Å²) in [4.78, 5) is 0. The number of para-hydroxylation sites is 3. The molecule has 0 radical (unpaired) electrons. The fraction of sp³-hybridized carbons (Fsp3) is 0. The van der Waals surface area contributed by atoms with Crippen LogP contribution in [0.5, 0.6) is 0 Å². The molecule has 12 aromatic rings. The molecule has 0 N–H and O–H groups in total. The molecule has 2 nitrogen and oxygen atoms in total. The van der Waals surface area contributed by atoms with E-state index in [1.54, 1.807) is 0 Å². The molecule has 0 saturated carbocycles. The smallest absolute Gasteiger partial charge is 0.143 e. The van der Waals surface area contributed by atoms with E-state index < -0.39 is 0 Å². The van der Waals surface area contributed by atoms with Gasteiger partial charge in [0.15, 0.2) is 0 Å². The van der Waals surface area contributed by atoms with E-state index in [4.69, 9.17) is 4.42 Å². The van der Waals surface area contributed by atoms with Gasteiger partial charge in [0.2, 0.25) is 0 Å². The van der Waals surface area contributed by atoms with Crippen molar-refractivity contribution in [3.05, 3.63) is 237 Å². The number of furan rings is 1. The zero-order valence-corrected chi connectivity index (χ0v) is 33.9. The highest BCUT2D eigenvalue weighted by atomic mass is 16.3. The largest absolute Gasteiger partial charge is 0.455 e. The molecule has 0 spiro atoms. The van der Waals surface area contributed by atoms with Crippen molar-refractivity contribution in [2.24, 2.45) is 0 Å². The summed E-state index contributed by atoms with van der Waals surface area (Å²) in [6, 6.07) is 85.4. The number of hydrogen-bond acceptors (Lipinski definition) is 1. The Morgan fingerprint density at radius 1 is 0.258 bits per heavy atom. The maximum atomic E-state index is 6.61. The highest BCUT2D eigenvalue weighted by molar-refractivity contribution is 6.14. The predicted octanol–water partition coefficient (Wildman–Crippen LogP) is 16.7. The molecule has 10 aromatic carbocycles. The van der Waals surface area contributed by atoms with Crippen LogP contribution in [-0.4, -0.2) is 4.57 Å². The molecule has 12 rings (SSSR count). The van der Waals surface area contributed by atoms with Crippen LogP contribution in [0.4, 0.5) is 0 Å². The van der Waals surface area contributed by atoms with Crippen LogP contribution in [0.25, 0.3) is 116 Å². The van der Waals surface area contributed by atoms with Gasteiger partial charge in [-0.05, 0) is 92.0 Å². The van der Waals surface area contributed by atoms with Crippen LogP contribution in [0.2, 0.25) is 0 Å². The molecule has 62 heavy (non-hydrogen) atoms. The summed E-state index contributed by atoms with van der Waals surface area (Å²) in [5.41, 5.74) is 19.4. The van der Waals surface area contributed by atoms with Gasteiger partial charge in [0, 0.05) is 32.7 Å². The highest BCUT2D eigenvalue weighted by Crippen LogP contribution is 2.45. The van der Waals surface area contributed by atoms with Gasteiger partial charge in [-0.2, -0.15) is 0 Å². The van der Waals surface area contributed by atoms with E-state index in [0.29, 0.717) is 0 Å². The van der Waals surface area contributed by atoms with Crippen LogP contribution in [0.15, 0.2) is 241 Å². The molecular formula is C60H39NO. The lowest BCUT2D eigenvalue weighted by Crippen LogP contribution is -1.98. The van der Waals surface area contributed by atoms with Crippen LogP contribution in [0.1, 0.15) is 0 Å². The first kappa shape index (κ1) is 35.7. The van der Waals surface area contributed by atoms with Crippen LogP contribution in [0.3, 0.4) is 0 Å². The number of hydrogen-bond donors (Lipinski definition) is 0. The minimum atomic E-state index is 0.898. The lowest BCUT2D eigenvalue weighted by Gasteiger charge is -2.17. The van der Waals surface area contributed by atoms with E-state index in [0.717, 1.165) is 60.9 Å². The second-order valence-corrected chi connectivity index (χ2v) is 16.0. The molecular weight excluding hydrogens is 751 g/mol. The van der Waals surface area contributed by atoms with Crippen LogP contribution < -0.4 is 0 Å². The molecule has 0 aliphatic heterocycles. The number of nitrogens with zero attached hydrogens (tertiary/aromatic N) is 1. The summed E-state index contributed by atoms with van der Waals surface area (Å²) in [5, 5.41) is 4.66. The van der Waals surface area contributed by atoms with Crippen molar-refractivity contribution in [1.29, 1.82) is 0 Å². The fourth-order valence-electron chi connectivity index (χ4n) is 9.63. The Balaban J connectivity index is 1.10. The third-order valence-corrected chi connectivity index (χ3v) is 12.5. The second-order valence-electron chi connectivity index (χ2n) is 16.0. The standard InChI is InChI=1S/C60H39NO/c1-3-18-40(19-4-1)44-22-7-9-24-46(44)42-34-36-57-54(38-42)55-39-43(47-25-10-8-23-45(47)41-20-5-2-6-21-41)35-37-58(55)61(57)56-32-15-13-28-50(56)48-26-11-12-27-49(48)52-30-17-31-53-51-29-14-16-33-59(51)62-60(52)53/h1-39H. The van der Waals surface area contributed by atoms with Gasteiger partial charge in [0.25, 0.3) is 0 Å². The molecule has 0 bridgehead atoms. The summed E-state index contributed by atoms with van der Waals surface area (Å²) < 4.78 is 9.08. The van der Waals surface area contributed by atoms with Crippen LogP contribution in [0, 0.1) is 0 Å². The van der Waals surface area contributed by atoms with Gasteiger partial charge in [-0.15, -0.1) is 0 Å². The number of aromatic nitrogens is 1. The molecule has 0 atom stereocenters. The summed E-state index contributed by atoms with van der Waals surface area (Å²) in [6.07, 6.45) is 0. The maximum Gasteiger partial charge on any atom is 0.143 e. The first-order valence-corrected chi connectivity index (χ1v) is 21.3. The molecule has 290 valence electrons. The van der Waals surface area contributed by atoms with E-state index in [1.807, 2.05) is 6.07 Å². The van der Waals surface area contributed by atoms with Crippen molar-refractivity contribution in [2.75, 3.05) is 0 Å². The fourth-order valence-corrected chi connectivity index (χ4v) is 9.63. The van der Waals surface area contributed by atoms with Crippen LogP contribution >= 0.6 is 0 Å². The van der Waals surface area contributed by atoms with Crippen molar-refractivity contribution < 1.29 is 4.42 Å². The highest BCUT2D eigenvalue weighted by Gasteiger charge is 2.21. The average molecular weight is 790 g/mol. The Bertz CT molecular complexity index is 3490. The van der Waals surface area contributed by atoms with E-state index in [-0.39, 0.29) is 0 Å². The Hall–Kier alpha value is -8.20. The van der Waals surface area contributed by atoms with Crippen molar-refractivity contribution in [2.45, 2.75) is 0 Å². The topological polar surface area (TPSA) is 18.1 Å². The molecule has 2 aromatic heterocycles. The number of benzene rings is 10. The average Bonchev–Trinajstić information content (AvgIpc) is 3.90. The van der Waals surface area contributed by atoms with Gasteiger partial charge in [-0.1, -0.05) is 200 Å². The normalized spacial score (nSPS) is 11.5. The molecule has 2 heteroatoms. The van der Waals surface area contributed by atoms with Gasteiger partial charge in [-0.25, -0.2) is 0 Å².